The number of para-hydroxylation sites is 1. The van der Waals surface area contributed by atoms with Gasteiger partial charge >= 0.3 is 5.97 Å². The average Bonchev–Trinajstić information content (AvgIpc) is 3.47. The fraction of sp³-hybridized carbons (Fsp3) is 0.667. The third-order valence-electron chi connectivity index (χ3n) is 4.50. The normalized spacial score (nSPS) is 17.1. The molecule has 0 spiro atoms. The number of rotatable bonds is 14. The minimum Gasteiger partial charge on any atom is -0.482 e. The van der Waals surface area contributed by atoms with Crippen LogP contribution in [0.3, 0.4) is 0 Å². The summed E-state index contributed by atoms with van der Waals surface area (Å²) >= 11 is 0. The largest absolute Gasteiger partial charge is 0.482 e. The summed E-state index contributed by atoms with van der Waals surface area (Å²) in [4.78, 5) is 12.0. The standard InChI is InChI=1S/C21H32O4/c1-2-3-4-5-6-7-8-12-15-19(20-16-24-20)25-21(22)17-23-18-13-10-9-11-14-18/h9-11,13-14,19-20H,2-8,12,15-17H2,1H3/t19-,20+/m0/s1. The summed E-state index contributed by atoms with van der Waals surface area (Å²) in [6, 6.07) is 9.33. The van der Waals surface area contributed by atoms with Crippen LogP contribution in [0.25, 0.3) is 0 Å². The molecule has 0 radical (unpaired) electrons. The van der Waals surface area contributed by atoms with Crippen molar-refractivity contribution in [2.45, 2.75) is 76.9 Å². The molecule has 2 atom stereocenters. The number of hydrogen-bond donors (Lipinski definition) is 0. The van der Waals surface area contributed by atoms with Crippen molar-refractivity contribution >= 4 is 5.97 Å². The Labute approximate surface area is 151 Å². The average molecular weight is 348 g/mol. The quantitative estimate of drug-likeness (QED) is 0.272. The summed E-state index contributed by atoms with van der Waals surface area (Å²) in [6.45, 7) is 2.89. The van der Waals surface area contributed by atoms with Gasteiger partial charge in [-0.1, -0.05) is 70.1 Å². The van der Waals surface area contributed by atoms with E-state index < -0.39 is 0 Å². The molecule has 0 unspecified atom stereocenters. The lowest BCUT2D eigenvalue weighted by Crippen LogP contribution is -2.27. The number of epoxide rings is 1. The molecule has 1 aromatic rings. The molecule has 0 aliphatic carbocycles. The Bertz CT molecular complexity index is 470. The van der Waals surface area contributed by atoms with E-state index in [0.717, 1.165) is 12.8 Å². The van der Waals surface area contributed by atoms with Crippen molar-refractivity contribution in [3.8, 4) is 5.75 Å². The van der Waals surface area contributed by atoms with Gasteiger partial charge in [0, 0.05) is 0 Å². The Morgan fingerprint density at radius 2 is 1.72 bits per heavy atom. The van der Waals surface area contributed by atoms with Gasteiger partial charge in [0.25, 0.3) is 0 Å². The Balaban J connectivity index is 1.56. The topological polar surface area (TPSA) is 48.1 Å². The molecule has 0 N–H and O–H groups in total. The molecule has 0 amide bonds. The number of carbonyl (C=O) groups is 1. The Morgan fingerprint density at radius 1 is 1.08 bits per heavy atom. The van der Waals surface area contributed by atoms with Gasteiger partial charge in [0.15, 0.2) is 6.61 Å². The van der Waals surface area contributed by atoms with E-state index in [1.54, 1.807) is 0 Å². The monoisotopic (exact) mass is 348 g/mol. The lowest BCUT2D eigenvalue weighted by molar-refractivity contribution is -0.152. The van der Waals surface area contributed by atoms with Crippen LogP contribution in [0.5, 0.6) is 5.75 Å². The predicted octanol–water partition coefficient (Wildman–Crippen LogP) is 4.91. The number of unbranched alkanes of at least 4 members (excludes halogenated alkanes) is 7. The zero-order valence-electron chi connectivity index (χ0n) is 15.5. The summed E-state index contributed by atoms with van der Waals surface area (Å²) in [7, 11) is 0. The van der Waals surface area contributed by atoms with Gasteiger partial charge in [-0.3, -0.25) is 0 Å². The number of hydrogen-bond acceptors (Lipinski definition) is 4. The lowest BCUT2D eigenvalue weighted by Gasteiger charge is -2.16. The first kappa shape index (κ1) is 19.8. The SMILES string of the molecule is CCCCCCCCCC[C@H](OC(=O)COc1ccccc1)[C@H]1CO1. The fourth-order valence-electron chi connectivity index (χ4n) is 2.93. The molecule has 25 heavy (non-hydrogen) atoms. The van der Waals surface area contributed by atoms with Crippen molar-refractivity contribution in [2.75, 3.05) is 13.2 Å². The van der Waals surface area contributed by atoms with Crippen LogP contribution >= 0.6 is 0 Å². The Morgan fingerprint density at radius 3 is 2.36 bits per heavy atom. The molecular formula is C21H32O4. The summed E-state index contributed by atoms with van der Waals surface area (Å²) < 4.78 is 16.3. The molecule has 1 aliphatic heterocycles. The number of ether oxygens (including phenoxy) is 3. The molecule has 140 valence electrons. The maximum absolute atomic E-state index is 12.0. The van der Waals surface area contributed by atoms with Gasteiger partial charge in [-0.05, 0) is 25.0 Å². The van der Waals surface area contributed by atoms with E-state index >= 15 is 0 Å². The van der Waals surface area contributed by atoms with Crippen molar-refractivity contribution in [3.63, 3.8) is 0 Å². The van der Waals surface area contributed by atoms with E-state index in [2.05, 4.69) is 6.92 Å². The van der Waals surface area contributed by atoms with Gasteiger partial charge in [-0.25, -0.2) is 4.79 Å². The molecule has 1 aromatic carbocycles. The molecular weight excluding hydrogens is 316 g/mol. The van der Waals surface area contributed by atoms with E-state index in [0.29, 0.717) is 12.4 Å². The van der Waals surface area contributed by atoms with Crippen LogP contribution in [-0.2, 0) is 14.3 Å². The highest BCUT2D eigenvalue weighted by Crippen LogP contribution is 2.23. The predicted molar refractivity (Wildman–Crippen MR) is 98.8 cm³/mol. The van der Waals surface area contributed by atoms with Crippen LogP contribution in [0, 0.1) is 0 Å². The second kappa shape index (κ2) is 11.9. The third-order valence-corrected chi connectivity index (χ3v) is 4.50. The number of carbonyl (C=O) groups excluding carboxylic acids is 1. The molecule has 4 nitrogen and oxygen atoms in total. The molecule has 1 saturated heterocycles. The first-order valence-electron chi connectivity index (χ1n) is 9.78. The zero-order chi connectivity index (χ0) is 17.7. The van der Waals surface area contributed by atoms with E-state index in [-0.39, 0.29) is 24.8 Å². The molecule has 0 aromatic heterocycles. The first-order chi connectivity index (χ1) is 12.3. The lowest BCUT2D eigenvalue weighted by atomic mass is 10.0. The van der Waals surface area contributed by atoms with Gasteiger partial charge in [-0.2, -0.15) is 0 Å². The Hall–Kier alpha value is -1.55. The van der Waals surface area contributed by atoms with Crippen molar-refractivity contribution in [2.24, 2.45) is 0 Å². The second-order valence-electron chi connectivity index (χ2n) is 6.77. The van der Waals surface area contributed by atoms with Gasteiger partial charge in [-0.15, -0.1) is 0 Å². The van der Waals surface area contributed by atoms with Crippen molar-refractivity contribution < 1.29 is 19.0 Å². The van der Waals surface area contributed by atoms with Crippen LogP contribution in [0.2, 0.25) is 0 Å². The van der Waals surface area contributed by atoms with Crippen LogP contribution in [0.4, 0.5) is 0 Å². The van der Waals surface area contributed by atoms with Crippen LogP contribution < -0.4 is 4.74 Å². The van der Waals surface area contributed by atoms with Crippen molar-refractivity contribution in [1.29, 1.82) is 0 Å². The summed E-state index contributed by atoms with van der Waals surface area (Å²) in [5, 5.41) is 0. The minimum absolute atomic E-state index is 0.0509. The van der Waals surface area contributed by atoms with Crippen LogP contribution in [0.15, 0.2) is 30.3 Å². The Kier molecular flexibility index (Phi) is 9.42. The molecule has 1 aliphatic rings. The molecule has 2 rings (SSSR count). The third kappa shape index (κ3) is 8.92. The van der Waals surface area contributed by atoms with E-state index in [4.69, 9.17) is 14.2 Å². The molecule has 1 fully saturated rings. The van der Waals surface area contributed by atoms with Crippen LogP contribution in [-0.4, -0.2) is 31.4 Å². The van der Waals surface area contributed by atoms with Gasteiger partial charge in [0.05, 0.1) is 6.61 Å². The van der Waals surface area contributed by atoms with Crippen molar-refractivity contribution in [3.05, 3.63) is 30.3 Å². The van der Waals surface area contributed by atoms with Gasteiger partial charge < -0.3 is 14.2 Å². The number of esters is 1. The highest BCUT2D eigenvalue weighted by molar-refractivity contribution is 5.71. The van der Waals surface area contributed by atoms with E-state index in [9.17, 15) is 4.79 Å². The maximum atomic E-state index is 12.0. The minimum atomic E-state index is -0.316. The highest BCUT2D eigenvalue weighted by atomic mass is 16.6. The van der Waals surface area contributed by atoms with Gasteiger partial charge in [0.1, 0.15) is 18.0 Å². The maximum Gasteiger partial charge on any atom is 0.344 e. The molecule has 0 saturated carbocycles. The first-order valence-corrected chi connectivity index (χ1v) is 9.78. The fourth-order valence-corrected chi connectivity index (χ4v) is 2.93. The summed E-state index contributed by atoms with van der Waals surface area (Å²) in [5.74, 6) is 0.366. The molecule has 1 heterocycles. The van der Waals surface area contributed by atoms with Crippen molar-refractivity contribution in [1.82, 2.24) is 0 Å². The van der Waals surface area contributed by atoms with E-state index in [1.807, 2.05) is 30.3 Å². The summed E-state index contributed by atoms with van der Waals surface area (Å²) in [6.07, 6.45) is 11.1. The van der Waals surface area contributed by atoms with Gasteiger partial charge in [0.2, 0.25) is 0 Å². The second-order valence-corrected chi connectivity index (χ2v) is 6.77. The molecule has 0 bridgehead atoms. The van der Waals surface area contributed by atoms with E-state index in [1.165, 1.54) is 44.9 Å². The summed E-state index contributed by atoms with van der Waals surface area (Å²) in [5.41, 5.74) is 0. The number of benzene rings is 1. The smallest absolute Gasteiger partial charge is 0.344 e. The van der Waals surface area contributed by atoms with Crippen LogP contribution in [0.1, 0.15) is 64.7 Å². The molecule has 4 heteroatoms. The zero-order valence-corrected chi connectivity index (χ0v) is 15.5. The highest BCUT2D eigenvalue weighted by Gasteiger charge is 2.35.